The summed E-state index contributed by atoms with van der Waals surface area (Å²) in [6.45, 7) is 0.719. The lowest BCUT2D eigenvalue weighted by atomic mass is 10.1. The number of amides is 2. The standard InChI is InChI=1S/C17H18N2O4/c20-16(12-13-4-2-1-3-5-13)18-10-11-23-15-8-6-14(7-9-15)17(21)19-22/h1-9,22H,10-12H2,(H,18,20)(H,19,21). The molecule has 0 radical (unpaired) electrons. The molecule has 2 amide bonds. The van der Waals surface area contributed by atoms with Gasteiger partial charge in [0, 0.05) is 5.56 Å². The molecule has 0 saturated carbocycles. The van der Waals surface area contributed by atoms with E-state index < -0.39 is 5.91 Å². The monoisotopic (exact) mass is 314 g/mol. The summed E-state index contributed by atoms with van der Waals surface area (Å²) in [5.41, 5.74) is 2.85. The molecule has 23 heavy (non-hydrogen) atoms. The van der Waals surface area contributed by atoms with Crippen LogP contribution < -0.4 is 15.5 Å². The van der Waals surface area contributed by atoms with Crippen molar-refractivity contribution < 1.29 is 19.5 Å². The summed E-state index contributed by atoms with van der Waals surface area (Å²) < 4.78 is 5.47. The zero-order valence-corrected chi connectivity index (χ0v) is 12.5. The molecule has 6 heteroatoms. The molecule has 0 aliphatic rings. The van der Waals surface area contributed by atoms with Crippen LogP contribution in [0.1, 0.15) is 15.9 Å². The molecular weight excluding hydrogens is 296 g/mol. The SMILES string of the molecule is O=C(Cc1ccccc1)NCCOc1ccc(C(=O)NO)cc1. The van der Waals surface area contributed by atoms with Crippen molar-refractivity contribution >= 4 is 11.8 Å². The molecular formula is C17H18N2O4. The predicted octanol–water partition coefficient (Wildman–Crippen LogP) is 1.54. The maximum atomic E-state index is 11.7. The Labute approximate surface area is 134 Å². The number of ether oxygens (including phenoxy) is 1. The number of carbonyl (C=O) groups is 2. The lowest BCUT2D eigenvalue weighted by molar-refractivity contribution is -0.120. The fourth-order valence-corrected chi connectivity index (χ4v) is 1.97. The van der Waals surface area contributed by atoms with Crippen LogP contribution in [0.3, 0.4) is 0 Å². The highest BCUT2D eigenvalue weighted by Crippen LogP contribution is 2.11. The minimum atomic E-state index is -0.579. The van der Waals surface area contributed by atoms with Crippen LogP contribution >= 0.6 is 0 Å². The van der Waals surface area contributed by atoms with Crippen molar-refractivity contribution in [2.75, 3.05) is 13.2 Å². The van der Waals surface area contributed by atoms with E-state index in [1.165, 1.54) is 12.1 Å². The summed E-state index contributed by atoms with van der Waals surface area (Å²) in [6, 6.07) is 15.8. The average molecular weight is 314 g/mol. The maximum absolute atomic E-state index is 11.7. The Morgan fingerprint density at radius 3 is 2.35 bits per heavy atom. The Bertz CT molecular complexity index is 641. The van der Waals surface area contributed by atoms with Gasteiger partial charge in [-0.05, 0) is 29.8 Å². The highest BCUT2D eigenvalue weighted by molar-refractivity contribution is 5.93. The van der Waals surface area contributed by atoms with Crippen LogP contribution in [0.2, 0.25) is 0 Å². The van der Waals surface area contributed by atoms with E-state index in [2.05, 4.69) is 5.32 Å². The Morgan fingerprint density at radius 2 is 1.70 bits per heavy atom. The first-order chi connectivity index (χ1) is 11.2. The third-order valence-corrected chi connectivity index (χ3v) is 3.12. The Hall–Kier alpha value is -2.86. The van der Waals surface area contributed by atoms with Gasteiger partial charge >= 0.3 is 0 Å². The zero-order chi connectivity index (χ0) is 16.5. The van der Waals surface area contributed by atoms with Crippen molar-refractivity contribution in [1.82, 2.24) is 10.8 Å². The highest BCUT2D eigenvalue weighted by Gasteiger charge is 2.04. The van der Waals surface area contributed by atoms with Gasteiger partial charge < -0.3 is 10.1 Å². The Morgan fingerprint density at radius 1 is 1.00 bits per heavy atom. The number of nitrogens with one attached hydrogen (secondary N) is 2. The minimum absolute atomic E-state index is 0.0604. The van der Waals surface area contributed by atoms with Crippen LogP contribution in [-0.4, -0.2) is 30.2 Å². The first-order valence-electron chi connectivity index (χ1n) is 7.17. The summed E-state index contributed by atoms with van der Waals surface area (Å²) in [6.07, 6.45) is 0.339. The largest absolute Gasteiger partial charge is 0.492 e. The highest BCUT2D eigenvalue weighted by atomic mass is 16.5. The molecule has 0 saturated heterocycles. The summed E-state index contributed by atoms with van der Waals surface area (Å²) in [7, 11) is 0. The molecule has 6 nitrogen and oxygen atoms in total. The van der Waals surface area contributed by atoms with Gasteiger partial charge in [-0.15, -0.1) is 0 Å². The van der Waals surface area contributed by atoms with Gasteiger partial charge in [-0.1, -0.05) is 30.3 Å². The molecule has 120 valence electrons. The molecule has 0 aromatic heterocycles. The van der Waals surface area contributed by atoms with E-state index in [1.807, 2.05) is 30.3 Å². The molecule has 0 spiro atoms. The van der Waals surface area contributed by atoms with E-state index in [1.54, 1.807) is 17.6 Å². The van der Waals surface area contributed by atoms with Crippen molar-refractivity contribution in [3.8, 4) is 5.75 Å². The quantitative estimate of drug-likeness (QED) is 0.411. The van der Waals surface area contributed by atoms with Crippen molar-refractivity contribution in [3.63, 3.8) is 0 Å². The molecule has 0 fully saturated rings. The number of carbonyl (C=O) groups excluding carboxylic acids is 2. The smallest absolute Gasteiger partial charge is 0.274 e. The van der Waals surface area contributed by atoms with E-state index in [-0.39, 0.29) is 5.91 Å². The third-order valence-electron chi connectivity index (χ3n) is 3.12. The summed E-state index contributed by atoms with van der Waals surface area (Å²) in [5, 5.41) is 11.3. The molecule has 0 heterocycles. The van der Waals surface area contributed by atoms with E-state index in [4.69, 9.17) is 9.94 Å². The molecule has 0 aliphatic heterocycles. The van der Waals surface area contributed by atoms with Crippen molar-refractivity contribution in [1.29, 1.82) is 0 Å². The molecule has 2 rings (SSSR count). The van der Waals surface area contributed by atoms with Crippen LogP contribution in [0.15, 0.2) is 54.6 Å². The fraction of sp³-hybridized carbons (Fsp3) is 0.176. The number of benzene rings is 2. The van der Waals surface area contributed by atoms with Crippen LogP contribution in [-0.2, 0) is 11.2 Å². The predicted molar refractivity (Wildman–Crippen MR) is 84.3 cm³/mol. The van der Waals surface area contributed by atoms with E-state index in [9.17, 15) is 9.59 Å². The van der Waals surface area contributed by atoms with Crippen LogP contribution in [0, 0.1) is 0 Å². The molecule has 2 aromatic rings. The van der Waals surface area contributed by atoms with Crippen LogP contribution in [0.25, 0.3) is 0 Å². The molecule has 0 bridgehead atoms. The first kappa shape index (κ1) is 16.5. The van der Waals surface area contributed by atoms with Crippen molar-refractivity contribution in [2.45, 2.75) is 6.42 Å². The van der Waals surface area contributed by atoms with Gasteiger partial charge in [0.1, 0.15) is 12.4 Å². The zero-order valence-electron chi connectivity index (χ0n) is 12.5. The second-order valence-electron chi connectivity index (χ2n) is 4.83. The Balaban J connectivity index is 1.69. The maximum Gasteiger partial charge on any atom is 0.274 e. The summed E-state index contributed by atoms with van der Waals surface area (Å²) >= 11 is 0. The summed E-state index contributed by atoms with van der Waals surface area (Å²) in [4.78, 5) is 22.9. The molecule has 0 atom stereocenters. The number of hydrogen-bond donors (Lipinski definition) is 3. The van der Waals surface area contributed by atoms with E-state index >= 15 is 0 Å². The van der Waals surface area contributed by atoms with E-state index in [0.717, 1.165) is 5.56 Å². The van der Waals surface area contributed by atoms with Gasteiger partial charge in [0.15, 0.2) is 0 Å². The molecule has 0 unspecified atom stereocenters. The van der Waals surface area contributed by atoms with E-state index in [0.29, 0.717) is 30.9 Å². The van der Waals surface area contributed by atoms with Gasteiger partial charge in [0.05, 0.1) is 13.0 Å². The second kappa shape index (κ2) is 8.55. The Kier molecular flexibility index (Phi) is 6.14. The van der Waals surface area contributed by atoms with Gasteiger partial charge in [0.25, 0.3) is 5.91 Å². The summed E-state index contributed by atoms with van der Waals surface area (Å²) in [5.74, 6) is -0.0590. The third kappa shape index (κ3) is 5.44. The number of hydrogen-bond acceptors (Lipinski definition) is 4. The van der Waals surface area contributed by atoms with Gasteiger partial charge in [-0.3, -0.25) is 14.8 Å². The molecule has 0 aliphatic carbocycles. The van der Waals surface area contributed by atoms with Crippen LogP contribution in [0.5, 0.6) is 5.75 Å². The average Bonchev–Trinajstić information content (AvgIpc) is 2.59. The normalized spacial score (nSPS) is 9.96. The van der Waals surface area contributed by atoms with Crippen LogP contribution in [0.4, 0.5) is 0 Å². The van der Waals surface area contributed by atoms with Crippen molar-refractivity contribution in [2.24, 2.45) is 0 Å². The lowest BCUT2D eigenvalue weighted by Gasteiger charge is -2.08. The second-order valence-corrected chi connectivity index (χ2v) is 4.83. The molecule has 2 aromatic carbocycles. The van der Waals surface area contributed by atoms with Gasteiger partial charge in [-0.2, -0.15) is 0 Å². The molecule has 3 N–H and O–H groups in total. The number of hydroxylamine groups is 1. The topological polar surface area (TPSA) is 87.7 Å². The minimum Gasteiger partial charge on any atom is -0.492 e. The number of rotatable bonds is 7. The fourth-order valence-electron chi connectivity index (χ4n) is 1.97. The van der Waals surface area contributed by atoms with Gasteiger partial charge in [-0.25, -0.2) is 5.48 Å². The first-order valence-corrected chi connectivity index (χ1v) is 7.17. The van der Waals surface area contributed by atoms with Gasteiger partial charge in [0.2, 0.25) is 5.91 Å². The van der Waals surface area contributed by atoms with Crippen molar-refractivity contribution in [3.05, 3.63) is 65.7 Å². The lowest BCUT2D eigenvalue weighted by Crippen LogP contribution is -2.29.